The number of rotatable bonds is 3. The van der Waals surface area contributed by atoms with Crippen molar-refractivity contribution in [3.05, 3.63) is 82.9 Å². The molecule has 5 heteroatoms. The summed E-state index contributed by atoms with van der Waals surface area (Å²) in [5.74, 6) is 0.326. The van der Waals surface area contributed by atoms with Crippen LogP contribution < -0.4 is 5.32 Å². The number of nitrogens with one attached hydrogen (secondary N) is 1. The molecule has 0 fully saturated rings. The highest BCUT2D eigenvalue weighted by atomic mass is 35.5. The van der Waals surface area contributed by atoms with Gasteiger partial charge in [0.05, 0.1) is 0 Å². The molecule has 0 unspecified atom stereocenters. The van der Waals surface area contributed by atoms with Crippen LogP contribution in [0.3, 0.4) is 0 Å². The van der Waals surface area contributed by atoms with Crippen LogP contribution in [0.25, 0.3) is 22.6 Å². The minimum atomic E-state index is -0.224. The number of nitrogens with zero attached hydrogens (tertiary/aromatic N) is 1. The average molecular weight is 363 g/mol. The second-order valence-corrected chi connectivity index (χ2v) is 6.39. The van der Waals surface area contributed by atoms with Crippen LogP contribution >= 0.6 is 11.6 Å². The third-order valence-corrected chi connectivity index (χ3v) is 4.51. The Hall–Kier alpha value is -3.11. The maximum atomic E-state index is 12.4. The molecule has 0 saturated heterocycles. The lowest BCUT2D eigenvalue weighted by Gasteiger charge is -2.06. The first-order valence-corrected chi connectivity index (χ1v) is 8.51. The molecule has 4 aromatic rings. The Morgan fingerprint density at radius 3 is 2.62 bits per heavy atom. The van der Waals surface area contributed by atoms with E-state index in [4.69, 9.17) is 16.0 Å². The number of aryl methyl sites for hydroxylation is 1. The highest BCUT2D eigenvalue weighted by Crippen LogP contribution is 2.26. The van der Waals surface area contributed by atoms with Gasteiger partial charge in [0.2, 0.25) is 5.89 Å². The standard InChI is InChI=1S/C21H15ClN2O2/c1-13-7-8-15(11-17(13)22)20(25)23-16-9-10-19-18(12-16)24-21(26-19)14-5-3-2-4-6-14/h2-12H,1H3,(H,23,25). The molecule has 3 aromatic carbocycles. The second kappa shape index (κ2) is 6.65. The van der Waals surface area contributed by atoms with E-state index >= 15 is 0 Å². The minimum Gasteiger partial charge on any atom is -0.436 e. The second-order valence-electron chi connectivity index (χ2n) is 5.99. The van der Waals surface area contributed by atoms with E-state index in [1.165, 1.54) is 0 Å². The molecule has 0 atom stereocenters. The van der Waals surface area contributed by atoms with E-state index in [1.807, 2.05) is 43.3 Å². The molecule has 1 aromatic heterocycles. The molecular formula is C21H15ClN2O2. The van der Waals surface area contributed by atoms with Gasteiger partial charge in [-0.1, -0.05) is 35.9 Å². The number of amides is 1. The third-order valence-electron chi connectivity index (χ3n) is 4.10. The van der Waals surface area contributed by atoms with E-state index < -0.39 is 0 Å². The highest BCUT2D eigenvalue weighted by molar-refractivity contribution is 6.31. The van der Waals surface area contributed by atoms with Crippen LogP contribution in [0.2, 0.25) is 5.02 Å². The van der Waals surface area contributed by atoms with Crippen molar-refractivity contribution in [2.75, 3.05) is 5.32 Å². The van der Waals surface area contributed by atoms with E-state index in [2.05, 4.69) is 10.3 Å². The number of anilines is 1. The van der Waals surface area contributed by atoms with Crippen LogP contribution in [0.1, 0.15) is 15.9 Å². The topological polar surface area (TPSA) is 55.1 Å². The van der Waals surface area contributed by atoms with Crippen LogP contribution in [0, 0.1) is 6.92 Å². The maximum Gasteiger partial charge on any atom is 0.255 e. The van der Waals surface area contributed by atoms with Gasteiger partial charge in [-0.3, -0.25) is 4.79 Å². The van der Waals surface area contributed by atoms with Gasteiger partial charge >= 0.3 is 0 Å². The van der Waals surface area contributed by atoms with Crippen molar-refractivity contribution in [3.8, 4) is 11.5 Å². The van der Waals surface area contributed by atoms with Crippen molar-refractivity contribution in [1.29, 1.82) is 0 Å². The molecule has 0 aliphatic carbocycles. The number of hydrogen-bond acceptors (Lipinski definition) is 3. The van der Waals surface area contributed by atoms with Gasteiger partial charge in [-0.15, -0.1) is 0 Å². The summed E-state index contributed by atoms with van der Waals surface area (Å²) < 4.78 is 5.79. The summed E-state index contributed by atoms with van der Waals surface area (Å²) in [6.45, 7) is 1.90. The smallest absolute Gasteiger partial charge is 0.255 e. The number of carbonyl (C=O) groups is 1. The van der Waals surface area contributed by atoms with E-state index in [-0.39, 0.29) is 5.91 Å². The van der Waals surface area contributed by atoms with Gasteiger partial charge in [0.25, 0.3) is 5.91 Å². The van der Waals surface area contributed by atoms with Gasteiger partial charge in [0, 0.05) is 21.8 Å². The van der Waals surface area contributed by atoms with Crippen LogP contribution in [0.4, 0.5) is 5.69 Å². The fourth-order valence-corrected chi connectivity index (χ4v) is 2.83. The van der Waals surface area contributed by atoms with E-state index in [9.17, 15) is 4.79 Å². The number of carbonyl (C=O) groups excluding carboxylic acids is 1. The number of fused-ring (bicyclic) bond motifs is 1. The zero-order chi connectivity index (χ0) is 18.1. The lowest BCUT2D eigenvalue weighted by molar-refractivity contribution is 0.102. The lowest BCUT2D eigenvalue weighted by atomic mass is 10.1. The minimum absolute atomic E-state index is 0.224. The molecular weight excluding hydrogens is 348 g/mol. The van der Waals surface area contributed by atoms with Gasteiger partial charge in [0.1, 0.15) is 5.52 Å². The average Bonchev–Trinajstić information content (AvgIpc) is 3.08. The van der Waals surface area contributed by atoms with Crippen molar-refractivity contribution >= 4 is 34.3 Å². The maximum absolute atomic E-state index is 12.4. The van der Waals surface area contributed by atoms with Crippen molar-refractivity contribution in [1.82, 2.24) is 4.98 Å². The predicted octanol–water partition coefficient (Wildman–Crippen LogP) is 5.71. The fraction of sp³-hybridized carbons (Fsp3) is 0.0476. The van der Waals surface area contributed by atoms with Gasteiger partial charge in [-0.25, -0.2) is 4.98 Å². The number of aromatic nitrogens is 1. The molecule has 4 rings (SSSR count). The Morgan fingerprint density at radius 2 is 1.85 bits per heavy atom. The Labute approximate surface area is 155 Å². The zero-order valence-electron chi connectivity index (χ0n) is 14.0. The van der Waals surface area contributed by atoms with E-state index in [0.29, 0.717) is 33.3 Å². The quantitative estimate of drug-likeness (QED) is 0.508. The number of halogens is 1. The normalized spacial score (nSPS) is 10.8. The number of oxazole rings is 1. The molecule has 0 bridgehead atoms. The summed E-state index contributed by atoms with van der Waals surface area (Å²) in [7, 11) is 0. The zero-order valence-corrected chi connectivity index (χ0v) is 14.7. The summed E-state index contributed by atoms with van der Waals surface area (Å²) in [6, 6.07) is 20.3. The largest absolute Gasteiger partial charge is 0.436 e. The van der Waals surface area contributed by atoms with Crippen molar-refractivity contribution in [2.24, 2.45) is 0 Å². The molecule has 1 amide bonds. The van der Waals surface area contributed by atoms with Crippen LogP contribution in [0.15, 0.2) is 71.1 Å². The lowest BCUT2D eigenvalue weighted by Crippen LogP contribution is -2.11. The fourth-order valence-electron chi connectivity index (χ4n) is 2.65. The third kappa shape index (κ3) is 3.19. The first-order chi connectivity index (χ1) is 12.6. The summed E-state index contributed by atoms with van der Waals surface area (Å²) >= 11 is 6.10. The van der Waals surface area contributed by atoms with Crippen LogP contribution in [-0.2, 0) is 0 Å². The molecule has 0 spiro atoms. The SMILES string of the molecule is Cc1ccc(C(=O)Nc2ccc3oc(-c4ccccc4)nc3c2)cc1Cl. The monoisotopic (exact) mass is 362 g/mol. The Bertz CT molecular complexity index is 1100. The van der Waals surface area contributed by atoms with Gasteiger partial charge < -0.3 is 9.73 Å². The highest BCUT2D eigenvalue weighted by Gasteiger charge is 2.11. The van der Waals surface area contributed by atoms with Gasteiger partial charge in [0.15, 0.2) is 5.58 Å². The molecule has 1 heterocycles. The Kier molecular flexibility index (Phi) is 4.19. The summed E-state index contributed by atoms with van der Waals surface area (Å²) in [5, 5.41) is 3.43. The molecule has 1 N–H and O–H groups in total. The first-order valence-electron chi connectivity index (χ1n) is 8.14. The van der Waals surface area contributed by atoms with Crippen molar-refractivity contribution < 1.29 is 9.21 Å². The molecule has 128 valence electrons. The van der Waals surface area contributed by atoms with E-state index in [1.54, 1.807) is 30.3 Å². The Balaban J connectivity index is 1.61. The molecule has 26 heavy (non-hydrogen) atoms. The van der Waals surface area contributed by atoms with Crippen LogP contribution in [-0.4, -0.2) is 10.9 Å². The van der Waals surface area contributed by atoms with Crippen molar-refractivity contribution in [3.63, 3.8) is 0 Å². The van der Waals surface area contributed by atoms with Gasteiger partial charge in [-0.05, 0) is 55.0 Å². The predicted molar refractivity (Wildman–Crippen MR) is 104 cm³/mol. The summed E-state index contributed by atoms with van der Waals surface area (Å²) in [6.07, 6.45) is 0. The van der Waals surface area contributed by atoms with Gasteiger partial charge in [-0.2, -0.15) is 0 Å². The molecule has 0 radical (unpaired) electrons. The Morgan fingerprint density at radius 1 is 1.04 bits per heavy atom. The molecule has 4 nitrogen and oxygen atoms in total. The molecule has 0 aliphatic rings. The first kappa shape index (κ1) is 16.4. The molecule has 0 saturated carbocycles. The van der Waals surface area contributed by atoms with Crippen molar-refractivity contribution in [2.45, 2.75) is 6.92 Å². The van der Waals surface area contributed by atoms with E-state index in [0.717, 1.165) is 11.1 Å². The number of hydrogen-bond donors (Lipinski definition) is 1. The number of benzene rings is 3. The summed E-state index contributed by atoms with van der Waals surface area (Å²) in [5.41, 5.74) is 4.34. The molecule has 0 aliphatic heterocycles. The van der Waals surface area contributed by atoms with Crippen LogP contribution in [0.5, 0.6) is 0 Å². The summed E-state index contributed by atoms with van der Waals surface area (Å²) in [4.78, 5) is 16.9.